The zero-order chi connectivity index (χ0) is 12.7. The van der Waals surface area contributed by atoms with Crippen LogP contribution in [0.15, 0.2) is 22.7 Å². The molecule has 0 radical (unpaired) electrons. The molecule has 1 aromatic rings. The molecule has 2 fully saturated rings. The molecule has 1 N–H and O–H groups in total. The van der Waals surface area contributed by atoms with Crippen molar-refractivity contribution in [3.63, 3.8) is 0 Å². The molecule has 0 aromatic heterocycles. The second kappa shape index (κ2) is 4.93. The first kappa shape index (κ1) is 12.6. The molecule has 4 atom stereocenters. The highest BCUT2D eigenvalue weighted by Gasteiger charge is 2.40. The normalized spacial score (nSPS) is 31.8. The molecule has 2 saturated carbocycles. The Kier molecular flexibility index (Phi) is 3.46. The largest absolute Gasteiger partial charge is 0.388 e. The maximum Gasteiger partial charge on any atom is 0.143 e. The van der Waals surface area contributed by atoms with E-state index in [0.29, 0.717) is 22.4 Å². The average Bonchev–Trinajstić information content (AvgIpc) is 2.94. The van der Waals surface area contributed by atoms with E-state index in [0.717, 1.165) is 11.8 Å². The van der Waals surface area contributed by atoms with Crippen LogP contribution < -0.4 is 0 Å². The zero-order valence-corrected chi connectivity index (χ0v) is 11.9. The molecule has 3 heteroatoms. The Morgan fingerprint density at radius 2 is 2.17 bits per heavy atom. The summed E-state index contributed by atoms with van der Waals surface area (Å²) >= 11 is 3.17. The highest BCUT2D eigenvalue weighted by molar-refractivity contribution is 9.10. The van der Waals surface area contributed by atoms with Crippen LogP contribution in [0.2, 0.25) is 0 Å². The van der Waals surface area contributed by atoms with Crippen molar-refractivity contribution >= 4 is 15.9 Å². The Labute approximate surface area is 116 Å². The van der Waals surface area contributed by atoms with Crippen molar-refractivity contribution < 1.29 is 9.50 Å². The van der Waals surface area contributed by atoms with Crippen LogP contribution in [0.4, 0.5) is 4.39 Å². The van der Waals surface area contributed by atoms with Gasteiger partial charge in [0.05, 0.1) is 10.6 Å². The van der Waals surface area contributed by atoms with E-state index in [1.54, 1.807) is 18.2 Å². The molecule has 0 amide bonds. The molecular formula is C15H18BrFO. The fraction of sp³-hybridized carbons (Fsp3) is 0.600. The average molecular weight is 313 g/mol. The molecule has 4 unspecified atom stereocenters. The molecule has 1 aromatic carbocycles. The highest BCUT2D eigenvalue weighted by atomic mass is 79.9. The highest BCUT2D eigenvalue weighted by Crippen LogP contribution is 2.51. The number of aliphatic hydroxyl groups excluding tert-OH is 1. The summed E-state index contributed by atoms with van der Waals surface area (Å²) in [5, 5.41) is 10.3. The molecule has 98 valence electrons. The van der Waals surface area contributed by atoms with Gasteiger partial charge in [-0.05, 0) is 65.4 Å². The quantitative estimate of drug-likeness (QED) is 0.874. The molecule has 2 aliphatic rings. The van der Waals surface area contributed by atoms with Gasteiger partial charge in [0, 0.05) is 5.56 Å². The van der Waals surface area contributed by atoms with Gasteiger partial charge in [-0.2, -0.15) is 0 Å². The molecule has 0 spiro atoms. The van der Waals surface area contributed by atoms with Gasteiger partial charge in [0.1, 0.15) is 5.82 Å². The first-order valence-electron chi connectivity index (χ1n) is 6.77. The van der Waals surface area contributed by atoms with Gasteiger partial charge in [-0.1, -0.05) is 18.6 Å². The van der Waals surface area contributed by atoms with Crippen LogP contribution in [0.25, 0.3) is 0 Å². The number of rotatable bonds is 3. The standard InChI is InChI=1S/C15H18BrFO/c16-13-3-1-2-12(15(13)17)14(18)8-11-7-9-4-5-10(11)6-9/h1-3,9-11,14,18H,4-8H2. The lowest BCUT2D eigenvalue weighted by atomic mass is 9.83. The number of aliphatic hydroxyl groups is 1. The third kappa shape index (κ3) is 2.23. The van der Waals surface area contributed by atoms with Crippen LogP contribution in [-0.2, 0) is 0 Å². The SMILES string of the molecule is OC(CC1CC2CCC1C2)c1cccc(Br)c1F. The molecule has 18 heavy (non-hydrogen) atoms. The van der Waals surface area contributed by atoms with Gasteiger partial charge < -0.3 is 5.11 Å². The molecule has 0 heterocycles. The Morgan fingerprint density at radius 3 is 2.83 bits per heavy atom. The van der Waals surface area contributed by atoms with E-state index in [9.17, 15) is 9.50 Å². The lowest BCUT2D eigenvalue weighted by Crippen LogP contribution is -2.15. The first-order valence-corrected chi connectivity index (χ1v) is 7.56. The van der Waals surface area contributed by atoms with E-state index in [1.165, 1.54) is 25.7 Å². The van der Waals surface area contributed by atoms with Crippen LogP contribution >= 0.6 is 15.9 Å². The number of halogens is 2. The lowest BCUT2D eigenvalue weighted by Gasteiger charge is -2.24. The zero-order valence-electron chi connectivity index (χ0n) is 10.3. The summed E-state index contributed by atoms with van der Waals surface area (Å²) < 4.78 is 14.3. The van der Waals surface area contributed by atoms with Crippen LogP contribution in [0.1, 0.15) is 43.8 Å². The van der Waals surface area contributed by atoms with Crippen LogP contribution in [0.3, 0.4) is 0 Å². The van der Waals surface area contributed by atoms with E-state index in [2.05, 4.69) is 15.9 Å². The van der Waals surface area contributed by atoms with Gasteiger partial charge in [0.2, 0.25) is 0 Å². The third-order valence-corrected chi connectivity index (χ3v) is 5.36. The molecule has 2 aliphatic carbocycles. The summed E-state index contributed by atoms with van der Waals surface area (Å²) in [6, 6.07) is 5.15. The van der Waals surface area contributed by atoms with Crippen molar-refractivity contribution in [2.45, 2.75) is 38.2 Å². The monoisotopic (exact) mass is 312 g/mol. The van der Waals surface area contributed by atoms with Crippen LogP contribution in [0.5, 0.6) is 0 Å². The first-order chi connectivity index (χ1) is 8.65. The van der Waals surface area contributed by atoms with Crippen molar-refractivity contribution in [1.82, 2.24) is 0 Å². The van der Waals surface area contributed by atoms with E-state index in [4.69, 9.17) is 0 Å². The summed E-state index contributed by atoms with van der Waals surface area (Å²) in [4.78, 5) is 0. The minimum Gasteiger partial charge on any atom is -0.388 e. The van der Waals surface area contributed by atoms with Crippen LogP contribution in [-0.4, -0.2) is 5.11 Å². The van der Waals surface area contributed by atoms with Gasteiger partial charge in [-0.15, -0.1) is 0 Å². The van der Waals surface area contributed by atoms with E-state index in [-0.39, 0.29) is 5.82 Å². The smallest absolute Gasteiger partial charge is 0.143 e. The molecule has 1 nitrogen and oxygen atoms in total. The Morgan fingerprint density at radius 1 is 1.33 bits per heavy atom. The van der Waals surface area contributed by atoms with Crippen molar-refractivity contribution in [3.05, 3.63) is 34.1 Å². The predicted molar refractivity (Wildman–Crippen MR) is 72.6 cm³/mol. The third-order valence-electron chi connectivity index (χ3n) is 4.75. The van der Waals surface area contributed by atoms with E-state index >= 15 is 0 Å². The second-order valence-corrected chi connectivity index (χ2v) is 6.68. The second-order valence-electron chi connectivity index (χ2n) is 5.83. The predicted octanol–water partition coefficient (Wildman–Crippen LogP) is 4.45. The number of fused-ring (bicyclic) bond motifs is 2. The molecule has 3 rings (SSSR count). The Hall–Kier alpha value is -0.410. The molecular weight excluding hydrogens is 295 g/mol. The summed E-state index contributed by atoms with van der Waals surface area (Å²) in [5.74, 6) is 1.93. The minimum atomic E-state index is -0.660. The van der Waals surface area contributed by atoms with Gasteiger partial charge in [-0.3, -0.25) is 0 Å². The summed E-state index contributed by atoms with van der Waals surface area (Å²) in [6.45, 7) is 0. The van der Waals surface area contributed by atoms with Gasteiger partial charge in [-0.25, -0.2) is 4.39 Å². The molecule has 0 aliphatic heterocycles. The maximum absolute atomic E-state index is 13.9. The fourth-order valence-corrected chi connectivity index (χ4v) is 4.24. The van der Waals surface area contributed by atoms with Crippen molar-refractivity contribution in [1.29, 1.82) is 0 Å². The molecule has 0 saturated heterocycles. The van der Waals surface area contributed by atoms with Gasteiger partial charge in [0.15, 0.2) is 0 Å². The summed E-state index contributed by atoms with van der Waals surface area (Å²) in [7, 11) is 0. The Balaban J connectivity index is 1.71. The number of benzene rings is 1. The fourth-order valence-electron chi connectivity index (χ4n) is 3.86. The summed E-state index contributed by atoms with van der Waals surface area (Å²) in [6.07, 6.45) is 5.29. The Bertz CT molecular complexity index is 448. The number of hydrogen-bond acceptors (Lipinski definition) is 1. The topological polar surface area (TPSA) is 20.2 Å². The van der Waals surface area contributed by atoms with E-state index < -0.39 is 6.10 Å². The lowest BCUT2D eigenvalue weighted by molar-refractivity contribution is 0.122. The molecule has 2 bridgehead atoms. The van der Waals surface area contributed by atoms with Crippen LogP contribution in [0, 0.1) is 23.6 Å². The van der Waals surface area contributed by atoms with Gasteiger partial charge in [0.25, 0.3) is 0 Å². The van der Waals surface area contributed by atoms with Crippen molar-refractivity contribution in [2.75, 3.05) is 0 Å². The van der Waals surface area contributed by atoms with Gasteiger partial charge >= 0.3 is 0 Å². The maximum atomic E-state index is 13.9. The van der Waals surface area contributed by atoms with Crippen molar-refractivity contribution in [2.24, 2.45) is 17.8 Å². The van der Waals surface area contributed by atoms with Crippen molar-refractivity contribution in [3.8, 4) is 0 Å². The number of hydrogen-bond donors (Lipinski definition) is 1. The van der Waals surface area contributed by atoms with E-state index in [1.807, 2.05) is 0 Å². The minimum absolute atomic E-state index is 0.312. The summed E-state index contributed by atoms with van der Waals surface area (Å²) in [5.41, 5.74) is 0.437.